The molecule has 0 saturated heterocycles. The molecule has 30 heavy (non-hydrogen) atoms. The summed E-state index contributed by atoms with van der Waals surface area (Å²) in [5.41, 5.74) is 5.29. The fourth-order valence-corrected chi connectivity index (χ4v) is 5.02. The number of aryl methyl sites for hydroxylation is 2. The number of carboxylic acids is 1. The SMILES string of the molecule is Cc1nc(C)c([C@H](CC(=O)O)NC(=O)OCC2c3ccccc3-c3ccccc32)s1. The molecule has 0 unspecified atom stereocenters. The van der Waals surface area contributed by atoms with E-state index in [0.717, 1.165) is 37.8 Å². The van der Waals surface area contributed by atoms with Gasteiger partial charge in [-0.05, 0) is 36.1 Å². The minimum absolute atomic E-state index is 0.0477. The van der Waals surface area contributed by atoms with Crippen LogP contribution < -0.4 is 5.32 Å². The first kappa shape index (κ1) is 20.1. The van der Waals surface area contributed by atoms with Gasteiger partial charge in [0.05, 0.1) is 28.0 Å². The zero-order valence-corrected chi connectivity index (χ0v) is 17.5. The van der Waals surface area contributed by atoms with Crippen molar-refractivity contribution in [2.45, 2.75) is 32.2 Å². The van der Waals surface area contributed by atoms with E-state index < -0.39 is 18.1 Å². The number of fused-ring (bicyclic) bond motifs is 3. The molecule has 1 aliphatic carbocycles. The van der Waals surface area contributed by atoms with Gasteiger partial charge in [-0.2, -0.15) is 0 Å². The van der Waals surface area contributed by atoms with Crippen LogP contribution in [0, 0.1) is 13.8 Å². The summed E-state index contributed by atoms with van der Waals surface area (Å²) in [4.78, 5) is 29.0. The first-order chi connectivity index (χ1) is 14.4. The van der Waals surface area contributed by atoms with Crippen molar-refractivity contribution in [3.8, 4) is 11.1 Å². The number of amides is 1. The van der Waals surface area contributed by atoms with Gasteiger partial charge in [-0.25, -0.2) is 9.78 Å². The second-order valence-corrected chi connectivity index (χ2v) is 8.54. The first-order valence-electron chi connectivity index (χ1n) is 9.71. The largest absolute Gasteiger partial charge is 0.481 e. The number of carboxylic acid groups (broad SMARTS) is 1. The predicted molar refractivity (Wildman–Crippen MR) is 115 cm³/mol. The van der Waals surface area contributed by atoms with Crippen molar-refractivity contribution >= 4 is 23.4 Å². The van der Waals surface area contributed by atoms with E-state index in [-0.39, 0.29) is 18.9 Å². The van der Waals surface area contributed by atoms with Crippen LogP contribution in [0.5, 0.6) is 0 Å². The average Bonchev–Trinajstić information content (AvgIpc) is 3.22. The quantitative estimate of drug-likeness (QED) is 0.595. The van der Waals surface area contributed by atoms with Crippen molar-refractivity contribution in [3.05, 3.63) is 75.2 Å². The molecule has 0 radical (unpaired) electrons. The fourth-order valence-electron chi connectivity index (χ4n) is 4.04. The summed E-state index contributed by atoms with van der Waals surface area (Å²) in [6.07, 6.45) is -0.860. The van der Waals surface area contributed by atoms with E-state index in [0.29, 0.717) is 0 Å². The van der Waals surface area contributed by atoms with Gasteiger partial charge in [-0.15, -0.1) is 11.3 Å². The summed E-state index contributed by atoms with van der Waals surface area (Å²) in [6.45, 7) is 3.85. The Morgan fingerprint density at radius 2 is 1.70 bits per heavy atom. The van der Waals surface area contributed by atoms with Crippen LogP contribution in [0.25, 0.3) is 11.1 Å². The Hall–Kier alpha value is -3.19. The fraction of sp³-hybridized carbons (Fsp3) is 0.261. The van der Waals surface area contributed by atoms with Crippen molar-refractivity contribution in [1.29, 1.82) is 0 Å². The van der Waals surface area contributed by atoms with Crippen LogP contribution in [-0.2, 0) is 9.53 Å². The molecule has 3 aromatic rings. The molecule has 7 heteroatoms. The van der Waals surface area contributed by atoms with Gasteiger partial charge in [0, 0.05) is 5.92 Å². The Balaban J connectivity index is 1.49. The lowest BCUT2D eigenvalue weighted by molar-refractivity contribution is -0.137. The van der Waals surface area contributed by atoms with Crippen LogP contribution in [-0.4, -0.2) is 28.8 Å². The third kappa shape index (κ3) is 3.93. The van der Waals surface area contributed by atoms with Gasteiger partial charge in [0.1, 0.15) is 6.61 Å². The van der Waals surface area contributed by atoms with Crippen LogP contribution in [0.1, 0.15) is 45.1 Å². The number of aromatic nitrogens is 1. The monoisotopic (exact) mass is 422 g/mol. The van der Waals surface area contributed by atoms with E-state index in [2.05, 4.69) is 34.6 Å². The zero-order valence-electron chi connectivity index (χ0n) is 16.7. The number of rotatable bonds is 6. The molecule has 0 bridgehead atoms. The molecule has 6 nitrogen and oxygen atoms in total. The third-order valence-electron chi connectivity index (χ3n) is 5.27. The number of nitrogens with zero attached hydrogens (tertiary/aromatic N) is 1. The van der Waals surface area contributed by atoms with Crippen LogP contribution in [0.15, 0.2) is 48.5 Å². The number of benzene rings is 2. The van der Waals surface area contributed by atoms with E-state index in [9.17, 15) is 14.7 Å². The number of ether oxygens (including phenoxy) is 1. The second kappa shape index (κ2) is 8.28. The van der Waals surface area contributed by atoms with Gasteiger partial charge in [-0.1, -0.05) is 48.5 Å². The smallest absolute Gasteiger partial charge is 0.407 e. The topological polar surface area (TPSA) is 88.5 Å². The first-order valence-corrected chi connectivity index (χ1v) is 10.5. The molecule has 0 aliphatic heterocycles. The van der Waals surface area contributed by atoms with Crippen molar-refractivity contribution < 1.29 is 19.4 Å². The van der Waals surface area contributed by atoms with E-state index in [1.807, 2.05) is 38.1 Å². The zero-order chi connectivity index (χ0) is 21.3. The van der Waals surface area contributed by atoms with E-state index in [4.69, 9.17) is 4.74 Å². The molecule has 2 aromatic carbocycles. The molecule has 0 fully saturated rings. The van der Waals surface area contributed by atoms with Gasteiger partial charge in [0.15, 0.2) is 0 Å². The summed E-state index contributed by atoms with van der Waals surface area (Å²) in [5.74, 6) is -1.04. The standard InChI is InChI=1S/C23H22N2O4S/c1-13-22(30-14(2)24-13)20(11-21(26)27)25-23(28)29-12-19-17-9-5-3-7-15(17)16-8-4-6-10-18(16)19/h3-10,19-20H,11-12H2,1-2H3,(H,25,28)(H,26,27)/t20-/m0/s1. The van der Waals surface area contributed by atoms with Crippen LogP contribution in [0.2, 0.25) is 0 Å². The number of nitrogens with one attached hydrogen (secondary N) is 1. The third-order valence-corrected chi connectivity index (χ3v) is 6.46. The second-order valence-electron chi connectivity index (χ2n) is 7.30. The molecule has 0 saturated carbocycles. The lowest BCUT2D eigenvalue weighted by Crippen LogP contribution is -2.31. The number of carbonyl (C=O) groups is 2. The lowest BCUT2D eigenvalue weighted by atomic mass is 9.98. The van der Waals surface area contributed by atoms with Crippen LogP contribution in [0.3, 0.4) is 0 Å². The summed E-state index contributed by atoms with van der Waals surface area (Å²) in [5, 5.41) is 12.8. The van der Waals surface area contributed by atoms with Gasteiger partial charge < -0.3 is 15.2 Å². The number of carbonyl (C=O) groups excluding carboxylic acids is 1. The maximum Gasteiger partial charge on any atom is 0.407 e. The number of hydrogen-bond donors (Lipinski definition) is 2. The molecular formula is C23H22N2O4S. The number of hydrogen-bond acceptors (Lipinski definition) is 5. The highest BCUT2D eigenvalue weighted by Crippen LogP contribution is 2.44. The lowest BCUT2D eigenvalue weighted by Gasteiger charge is -2.18. The highest BCUT2D eigenvalue weighted by atomic mass is 32.1. The Bertz CT molecular complexity index is 1060. The van der Waals surface area contributed by atoms with E-state index in [1.54, 1.807) is 0 Å². The van der Waals surface area contributed by atoms with Crippen molar-refractivity contribution in [2.75, 3.05) is 6.61 Å². The number of aliphatic carboxylic acids is 1. The van der Waals surface area contributed by atoms with Crippen molar-refractivity contribution in [2.24, 2.45) is 0 Å². The Morgan fingerprint density at radius 3 is 2.23 bits per heavy atom. The molecule has 1 amide bonds. The molecule has 2 N–H and O–H groups in total. The summed E-state index contributed by atoms with van der Waals surface area (Å²) < 4.78 is 5.56. The summed E-state index contributed by atoms with van der Waals surface area (Å²) in [7, 11) is 0. The Kier molecular flexibility index (Phi) is 5.55. The number of alkyl carbamates (subject to hydrolysis) is 1. The van der Waals surface area contributed by atoms with Crippen molar-refractivity contribution in [1.82, 2.24) is 10.3 Å². The Labute approximate surface area is 178 Å². The predicted octanol–water partition coefficient (Wildman–Crippen LogP) is 4.81. The maximum absolute atomic E-state index is 12.6. The molecule has 4 rings (SSSR count). The minimum Gasteiger partial charge on any atom is -0.481 e. The molecule has 1 atom stereocenters. The number of thiazole rings is 1. The van der Waals surface area contributed by atoms with Crippen LogP contribution >= 0.6 is 11.3 Å². The molecule has 1 aliphatic rings. The van der Waals surface area contributed by atoms with Crippen molar-refractivity contribution in [3.63, 3.8) is 0 Å². The van der Waals surface area contributed by atoms with Gasteiger partial charge in [0.2, 0.25) is 0 Å². The van der Waals surface area contributed by atoms with Gasteiger partial charge in [0.25, 0.3) is 0 Å². The molecule has 1 heterocycles. The summed E-state index contributed by atoms with van der Waals surface area (Å²) >= 11 is 1.39. The highest BCUT2D eigenvalue weighted by Gasteiger charge is 2.30. The summed E-state index contributed by atoms with van der Waals surface area (Å²) in [6, 6.07) is 15.5. The van der Waals surface area contributed by atoms with E-state index >= 15 is 0 Å². The average molecular weight is 423 g/mol. The highest BCUT2D eigenvalue weighted by molar-refractivity contribution is 7.11. The molecule has 1 aromatic heterocycles. The molecular weight excluding hydrogens is 400 g/mol. The Morgan fingerprint density at radius 1 is 1.10 bits per heavy atom. The van der Waals surface area contributed by atoms with Gasteiger partial charge in [-0.3, -0.25) is 4.79 Å². The van der Waals surface area contributed by atoms with E-state index in [1.165, 1.54) is 11.3 Å². The maximum atomic E-state index is 12.6. The molecule has 154 valence electrons. The minimum atomic E-state index is -0.996. The normalized spacial score (nSPS) is 13.4. The van der Waals surface area contributed by atoms with Crippen LogP contribution in [0.4, 0.5) is 4.79 Å². The molecule has 0 spiro atoms. The van der Waals surface area contributed by atoms with Gasteiger partial charge >= 0.3 is 12.1 Å².